The molecule has 1 aromatic carbocycles. The molecule has 2 N–H and O–H groups in total. The highest BCUT2D eigenvalue weighted by molar-refractivity contribution is 14.0. The highest BCUT2D eigenvalue weighted by Gasteiger charge is 2.28. The molecule has 0 aliphatic heterocycles. The van der Waals surface area contributed by atoms with Gasteiger partial charge in [-0.25, -0.2) is 4.98 Å². The predicted molar refractivity (Wildman–Crippen MR) is 117 cm³/mol. The van der Waals surface area contributed by atoms with Crippen molar-refractivity contribution in [2.24, 2.45) is 4.99 Å². The molecule has 156 valence electrons. The van der Waals surface area contributed by atoms with Crippen LogP contribution in [0.1, 0.15) is 21.1 Å². The third-order valence-corrected chi connectivity index (χ3v) is 4.87. The average molecular weight is 528 g/mol. The SMILES string of the molecule is CN=C(NCCc1nc(C)c(C)s1)NCc1ccccc1OCC(F)(F)F.I. The number of benzene rings is 1. The van der Waals surface area contributed by atoms with Gasteiger partial charge in [-0.1, -0.05) is 18.2 Å². The molecular formula is C18H24F3IN4OS. The summed E-state index contributed by atoms with van der Waals surface area (Å²) in [4.78, 5) is 9.83. The maximum atomic E-state index is 12.4. The van der Waals surface area contributed by atoms with E-state index >= 15 is 0 Å². The zero-order valence-corrected chi connectivity index (χ0v) is 19.0. The minimum absolute atomic E-state index is 0. The van der Waals surface area contributed by atoms with Crippen LogP contribution in [0.3, 0.4) is 0 Å². The van der Waals surface area contributed by atoms with Gasteiger partial charge in [0.1, 0.15) is 5.75 Å². The largest absolute Gasteiger partial charge is 0.484 e. The summed E-state index contributed by atoms with van der Waals surface area (Å²) < 4.78 is 42.0. The quantitative estimate of drug-likeness (QED) is 0.321. The summed E-state index contributed by atoms with van der Waals surface area (Å²) in [5.74, 6) is 0.761. The Bertz CT molecular complexity index is 761. The van der Waals surface area contributed by atoms with Crippen molar-refractivity contribution in [3.8, 4) is 5.75 Å². The van der Waals surface area contributed by atoms with Gasteiger partial charge in [-0.15, -0.1) is 35.3 Å². The lowest BCUT2D eigenvalue weighted by Crippen LogP contribution is -2.38. The number of nitrogens with zero attached hydrogens (tertiary/aromatic N) is 2. The van der Waals surface area contributed by atoms with Crippen LogP contribution in [0.25, 0.3) is 0 Å². The van der Waals surface area contributed by atoms with Crippen molar-refractivity contribution in [2.75, 3.05) is 20.2 Å². The zero-order valence-electron chi connectivity index (χ0n) is 15.9. The van der Waals surface area contributed by atoms with Crippen molar-refractivity contribution >= 4 is 41.3 Å². The Hall–Kier alpha value is -1.56. The van der Waals surface area contributed by atoms with Gasteiger partial charge in [-0.05, 0) is 19.9 Å². The summed E-state index contributed by atoms with van der Waals surface area (Å²) in [6, 6.07) is 6.63. The van der Waals surface area contributed by atoms with E-state index in [1.54, 1.807) is 36.6 Å². The molecule has 0 unspecified atom stereocenters. The van der Waals surface area contributed by atoms with Crippen LogP contribution in [0.4, 0.5) is 13.2 Å². The maximum Gasteiger partial charge on any atom is 0.422 e. The molecule has 28 heavy (non-hydrogen) atoms. The Morgan fingerprint density at radius 3 is 2.54 bits per heavy atom. The van der Waals surface area contributed by atoms with Gasteiger partial charge < -0.3 is 15.4 Å². The summed E-state index contributed by atoms with van der Waals surface area (Å²) in [6.45, 7) is 3.66. The van der Waals surface area contributed by atoms with E-state index in [2.05, 4.69) is 20.6 Å². The molecule has 2 aromatic rings. The van der Waals surface area contributed by atoms with Gasteiger partial charge in [0.05, 0.1) is 10.7 Å². The Kier molecular flexibility index (Phi) is 10.0. The number of alkyl halides is 3. The normalized spacial score (nSPS) is 11.7. The van der Waals surface area contributed by atoms with E-state index in [9.17, 15) is 13.2 Å². The lowest BCUT2D eigenvalue weighted by atomic mass is 10.2. The lowest BCUT2D eigenvalue weighted by molar-refractivity contribution is -0.153. The molecule has 10 heteroatoms. The number of rotatable bonds is 7. The van der Waals surface area contributed by atoms with E-state index in [1.165, 1.54) is 10.9 Å². The fraction of sp³-hybridized carbons (Fsp3) is 0.444. The van der Waals surface area contributed by atoms with Gasteiger partial charge in [0, 0.05) is 37.0 Å². The van der Waals surface area contributed by atoms with E-state index in [0.29, 0.717) is 24.6 Å². The molecule has 2 rings (SSSR count). The van der Waals surface area contributed by atoms with E-state index in [0.717, 1.165) is 17.1 Å². The Labute approximate surface area is 183 Å². The molecule has 0 saturated carbocycles. The van der Waals surface area contributed by atoms with Crippen LogP contribution in [-0.2, 0) is 13.0 Å². The molecule has 0 radical (unpaired) electrons. The topological polar surface area (TPSA) is 58.5 Å². The predicted octanol–water partition coefficient (Wildman–Crippen LogP) is 4.23. The number of para-hydroxylation sites is 1. The van der Waals surface area contributed by atoms with Gasteiger partial charge in [0.2, 0.25) is 0 Å². The van der Waals surface area contributed by atoms with Crippen LogP contribution >= 0.6 is 35.3 Å². The summed E-state index contributed by atoms with van der Waals surface area (Å²) in [5.41, 5.74) is 1.67. The number of halogens is 4. The van der Waals surface area contributed by atoms with Crippen molar-refractivity contribution in [1.29, 1.82) is 0 Å². The Balaban J connectivity index is 0.00000392. The number of aromatic nitrogens is 1. The van der Waals surface area contributed by atoms with Crippen LogP contribution in [0.5, 0.6) is 5.75 Å². The smallest absolute Gasteiger partial charge is 0.422 e. The van der Waals surface area contributed by atoms with Crippen LogP contribution in [0.15, 0.2) is 29.3 Å². The van der Waals surface area contributed by atoms with Gasteiger partial charge in [-0.3, -0.25) is 4.99 Å². The first kappa shape index (κ1) is 24.5. The fourth-order valence-electron chi connectivity index (χ4n) is 2.28. The molecule has 1 aromatic heterocycles. The van der Waals surface area contributed by atoms with Crippen molar-refractivity contribution in [3.63, 3.8) is 0 Å². The van der Waals surface area contributed by atoms with Crippen LogP contribution in [-0.4, -0.2) is 37.3 Å². The number of hydrogen-bond acceptors (Lipinski definition) is 4. The fourth-order valence-corrected chi connectivity index (χ4v) is 3.22. The standard InChI is InChI=1S/C18H23F3N4OS.HI/c1-12-13(2)27-16(25-12)8-9-23-17(22-3)24-10-14-6-4-5-7-15(14)26-11-18(19,20)21;/h4-7H,8-11H2,1-3H3,(H2,22,23,24);1H. The van der Waals surface area contributed by atoms with E-state index in [-0.39, 0.29) is 29.7 Å². The van der Waals surface area contributed by atoms with Crippen LogP contribution < -0.4 is 15.4 Å². The number of ether oxygens (including phenoxy) is 1. The number of aryl methyl sites for hydroxylation is 2. The number of hydrogen-bond donors (Lipinski definition) is 2. The molecule has 0 bridgehead atoms. The zero-order chi connectivity index (χ0) is 19.9. The third kappa shape index (κ3) is 8.21. The third-order valence-electron chi connectivity index (χ3n) is 3.74. The first-order chi connectivity index (χ1) is 12.8. The second kappa shape index (κ2) is 11.4. The highest BCUT2D eigenvalue weighted by atomic mass is 127. The van der Waals surface area contributed by atoms with E-state index in [1.807, 2.05) is 13.8 Å². The van der Waals surface area contributed by atoms with Crippen LogP contribution in [0, 0.1) is 13.8 Å². The van der Waals surface area contributed by atoms with Crippen molar-refractivity contribution in [1.82, 2.24) is 15.6 Å². The molecule has 0 aliphatic carbocycles. The molecule has 0 saturated heterocycles. The minimum Gasteiger partial charge on any atom is -0.484 e. The summed E-state index contributed by atoms with van der Waals surface area (Å²) in [6.07, 6.45) is -3.60. The molecule has 0 atom stereocenters. The first-order valence-corrected chi connectivity index (χ1v) is 9.25. The van der Waals surface area contributed by atoms with Gasteiger partial charge in [0.25, 0.3) is 0 Å². The average Bonchev–Trinajstić information content (AvgIpc) is 2.94. The summed E-state index contributed by atoms with van der Waals surface area (Å²) in [5, 5.41) is 7.32. The maximum absolute atomic E-state index is 12.4. The number of thiazole rings is 1. The van der Waals surface area contributed by atoms with Crippen molar-refractivity contribution < 1.29 is 17.9 Å². The monoisotopic (exact) mass is 528 g/mol. The minimum atomic E-state index is -4.37. The van der Waals surface area contributed by atoms with Crippen molar-refractivity contribution in [3.05, 3.63) is 45.4 Å². The first-order valence-electron chi connectivity index (χ1n) is 8.43. The lowest BCUT2D eigenvalue weighted by Gasteiger charge is -2.15. The number of nitrogens with one attached hydrogen (secondary N) is 2. The molecule has 0 amide bonds. The second-order valence-corrected chi connectivity index (χ2v) is 7.15. The van der Waals surface area contributed by atoms with E-state index < -0.39 is 12.8 Å². The number of guanidine groups is 1. The number of aliphatic imine (C=N–C) groups is 1. The molecule has 0 spiro atoms. The van der Waals surface area contributed by atoms with Gasteiger partial charge in [-0.2, -0.15) is 13.2 Å². The second-order valence-electron chi connectivity index (χ2n) is 5.86. The summed E-state index contributed by atoms with van der Waals surface area (Å²) in [7, 11) is 1.64. The molecule has 5 nitrogen and oxygen atoms in total. The molecule has 1 heterocycles. The molecule has 0 fully saturated rings. The van der Waals surface area contributed by atoms with Gasteiger partial charge >= 0.3 is 6.18 Å². The van der Waals surface area contributed by atoms with E-state index in [4.69, 9.17) is 4.74 Å². The molecule has 0 aliphatic rings. The van der Waals surface area contributed by atoms with Gasteiger partial charge in [0.15, 0.2) is 12.6 Å². The molecular weight excluding hydrogens is 504 g/mol. The van der Waals surface area contributed by atoms with Crippen molar-refractivity contribution in [2.45, 2.75) is 33.0 Å². The Morgan fingerprint density at radius 2 is 1.93 bits per heavy atom. The highest BCUT2D eigenvalue weighted by Crippen LogP contribution is 2.22. The van der Waals surface area contributed by atoms with Crippen LogP contribution in [0.2, 0.25) is 0 Å². The Morgan fingerprint density at radius 1 is 1.21 bits per heavy atom. The summed E-state index contributed by atoms with van der Waals surface area (Å²) >= 11 is 1.67.